The number of carbonyl (C=O) groups excluding carboxylic acids is 1. The molecule has 0 spiro atoms. The Morgan fingerprint density at radius 1 is 1.38 bits per heavy atom. The Morgan fingerprint density at radius 3 is 2.94 bits per heavy atom. The van der Waals surface area contributed by atoms with Crippen LogP contribution in [0.3, 0.4) is 0 Å². The first kappa shape index (κ1) is 11.3. The van der Waals surface area contributed by atoms with E-state index < -0.39 is 0 Å². The van der Waals surface area contributed by atoms with Crippen LogP contribution in [0.25, 0.3) is 10.2 Å². The first-order valence-corrected chi connectivity index (χ1v) is 6.47. The second kappa shape index (κ2) is 5.21. The highest BCUT2D eigenvalue weighted by molar-refractivity contribution is 7.18. The fourth-order valence-electron chi connectivity index (χ4n) is 1.64. The maximum atomic E-state index is 11.2. The van der Waals surface area contributed by atoms with Crippen molar-refractivity contribution in [3.63, 3.8) is 0 Å². The number of hydrogen-bond acceptors (Lipinski definition) is 3. The van der Waals surface area contributed by atoms with Crippen LogP contribution in [0, 0.1) is 0 Å². The van der Waals surface area contributed by atoms with Gasteiger partial charge in [0.2, 0.25) is 0 Å². The molecule has 84 valence electrons. The Balaban J connectivity index is 1.97. The molecule has 0 aliphatic heterocycles. The van der Waals surface area contributed by atoms with E-state index in [0.29, 0.717) is 18.6 Å². The lowest BCUT2D eigenvalue weighted by Crippen LogP contribution is -1.95. The van der Waals surface area contributed by atoms with Gasteiger partial charge in [-0.3, -0.25) is 4.79 Å². The molecule has 2 rings (SSSR count). The maximum absolute atomic E-state index is 11.2. The second-order valence-corrected chi connectivity index (χ2v) is 4.94. The average molecular weight is 233 g/mol. The number of aromatic nitrogens is 1. The van der Waals surface area contributed by atoms with Crippen molar-refractivity contribution in [2.75, 3.05) is 0 Å². The van der Waals surface area contributed by atoms with Crippen LogP contribution < -0.4 is 0 Å². The average Bonchev–Trinajstić information content (AvgIpc) is 2.71. The molecule has 0 radical (unpaired) electrons. The fraction of sp³-hybridized carbons (Fsp3) is 0.385. The maximum Gasteiger partial charge on any atom is 0.132 e. The highest BCUT2D eigenvalue weighted by Crippen LogP contribution is 2.22. The van der Waals surface area contributed by atoms with Gasteiger partial charge in [-0.15, -0.1) is 11.3 Å². The predicted molar refractivity (Wildman–Crippen MR) is 67.9 cm³/mol. The van der Waals surface area contributed by atoms with Gasteiger partial charge in [0.25, 0.3) is 0 Å². The Morgan fingerprint density at radius 2 is 2.19 bits per heavy atom. The largest absolute Gasteiger partial charge is 0.300 e. The van der Waals surface area contributed by atoms with Gasteiger partial charge < -0.3 is 0 Å². The highest BCUT2D eigenvalue weighted by atomic mass is 32.1. The lowest BCUT2D eigenvalue weighted by atomic mass is 10.1. The van der Waals surface area contributed by atoms with Gasteiger partial charge >= 0.3 is 0 Å². The number of para-hydroxylation sites is 1. The number of fused-ring (bicyclic) bond motifs is 1. The van der Waals surface area contributed by atoms with E-state index in [4.69, 9.17) is 0 Å². The third-order valence-corrected chi connectivity index (χ3v) is 3.67. The van der Waals surface area contributed by atoms with Crippen molar-refractivity contribution in [1.29, 1.82) is 0 Å². The van der Waals surface area contributed by atoms with Crippen molar-refractivity contribution in [3.8, 4) is 0 Å². The van der Waals surface area contributed by atoms with Crippen molar-refractivity contribution < 1.29 is 4.79 Å². The van der Waals surface area contributed by atoms with Crippen molar-refractivity contribution in [2.45, 2.75) is 32.6 Å². The first-order valence-electron chi connectivity index (χ1n) is 5.65. The minimum absolute atomic E-state index is 0.348. The van der Waals surface area contributed by atoms with Gasteiger partial charge in [-0.2, -0.15) is 0 Å². The van der Waals surface area contributed by atoms with Crippen LogP contribution >= 0.6 is 11.3 Å². The molecule has 1 aromatic carbocycles. The van der Waals surface area contributed by atoms with Crippen LogP contribution in [0.15, 0.2) is 24.3 Å². The molecular formula is C13H15NOS. The van der Waals surface area contributed by atoms with Crippen molar-refractivity contribution in [3.05, 3.63) is 29.3 Å². The third-order valence-electron chi connectivity index (χ3n) is 2.58. The number of nitrogens with zero attached hydrogens (tertiary/aromatic N) is 1. The van der Waals surface area contributed by atoms with E-state index in [1.165, 1.54) is 4.70 Å². The van der Waals surface area contributed by atoms with E-state index in [9.17, 15) is 4.79 Å². The van der Waals surface area contributed by atoms with Crippen LogP contribution in [0.4, 0.5) is 0 Å². The molecule has 0 bridgehead atoms. The molecule has 2 aromatic rings. The van der Waals surface area contributed by atoms with Crippen molar-refractivity contribution in [2.24, 2.45) is 0 Å². The molecule has 16 heavy (non-hydrogen) atoms. The zero-order valence-corrected chi connectivity index (χ0v) is 10.2. The molecule has 0 N–H and O–H groups in total. The number of ketones is 1. The van der Waals surface area contributed by atoms with Crippen LogP contribution in [-0.4, -0.2) is 10.8 Å². The summed E-state index contributed by atoms with van der Waals surface area (Å²) in [6, 6.07) is 8.16. The minimum atomic E-state index is 0.348. The molecule has 0 saturated heterocycles. The van der Waals surface area contributed by atoms with Crippen LogP contribution in [0.1, 0.15) is 31.2 Å². The molecule has 0 unspecified atom stereocenters. The third kappa shape index (κ3) is 2.67. The normalized spacial score (nSPS) is 10.8. The SMILES string of the molecule is CCC(=O)CCCc1nc2ccccc2s1. The molecule has 0 amide bonds. The van der Waals surface area contributed by atoms with Gasteiger partial charge in [-0.25, -0.2) is 4.98 Å². The number of aryl methyl sites for hydroxylation is 1. The summed E-state index contributed by atoms with van der Waals surface area (Å²) in [6.07, 6.45) is 3.18. The monoisotopic (exact) mass is 233 g/mol. The van der Waals surface area contributed by atoms with E-state index in [2.05, 4.69) is 11.1 Å². The minimum Gasteiger partial charge on any atom is -0.300 e. The summed E-state index contributed by atoms with van der Waals surface area (Å²) >= 11 is 1.73. The summed E-state index contributed by atoms with van der Waals surface area (Å²) in [5, 5.41) is 1.14. The van der Waals surface area contributed by atoms with Gasteiger partial charge in [0.1, 0.15) is 5.78 Å². The van der Waals surface area contributed by atoms with E-state index in [1.807, 2.05) is 25.1 Å². The summed E-state index contributed by atoms with van der Waals surface area (Å²) in [6.45, 7) is 1.92. The molecule has 1 heterocycles. The number of rotatable bonds is 5. The second-order valence-electron chi connectivity index (χ2n) is 3.82. The van der Waals surface area contributed by atoms with Gasteiger partial charge in [0.15, 0.2) is 0 Å². The quantitative estimate of drug-likeness (QED) is 0.789. The van der Waals surface area contributed by atoms with Gasteiger partial charge in [0, 0.05) is 12.8 Å². The zero-order chi connectivity index (χ0) is 11.4. The predicted octanol–water partition coefficient (Wildman–Crippen LogP) is 3.60. The summed E-state index contributed by atoms with van der Waals surface area (Å²) in [7, 11) is 0. The fourth-order valence-corrected chi connectivity index (χ4v) is 2.65. The van der Waals surface area contributed by atoms with Crippen LogP contribution in [0.5, 0.6) is 0 Å². The summed E-state index contributed by atoms with van der Waals surface area (Å²) in [5.41, 5.74) is 1.07. The van der Waals surface area contributed by atoms with E-state index in [0.717, 1.165) is 23.4 Å². The van der Waals surface area contributed by atoms with Gasteiger partial charge in [-0.1, -0.05) is 19.1 Å². The van der Waals surface area contributed by atoms with Gasteiger partial charge in [0.05, 0.1) is 15.2 Å². The van der Waals surface area contributed by atoms with Crippen molar-refractivity contribution >= 4 is 27.3 Å². The molecule has 0 saturated carbocycles. The van der Waals surface area contributed by atoms with Crippen molar-refractivity contribution in [1.82, 2.24) is 4.98 Å². The van der Waals surface area contributed by atoms with Gasteiger partial charge in [-0.05, 0) is 25.0 Å². The zero-order valence-electron chi connectivity index (χ0n) is 9.40. The number of hydrogen-bond donors (Lipinski definition) is 0. The number of thiazole rings is 1. The highest BCUT2D eigenvalue weighted by Gasteiger charge is 2.04. The molecule has 0 aliphatic rings. The van der Waals surface area contributed by atoms with E-state index in [-0.39, 0.29) is 0 Å². The lowest BCUT2D eigenvalue weighted by Gasteiger charge is -1.95. The van der Waals surface area contributed by atoms with E-state index >= 15 is 0 Å². The summed E-state index contributed by atoms with van der Waals surface area (Å²) in [5.74, 6) is 0.348. The number of benzene rings is 1. The molecule has 2 nitrogen and oxygen atoms in total. The van der Waals surface area contributed by atoms with E-state index in [1.54, 1.807) is 11.3 Å². The Labute approximate surface area is 99.3 Å². The molecule has 0 fully saturated rings. The Hall–Kier alpha value is -1.22. The van der Waals surface area contributed by atoms with Crippen LogP contribution in [0.2, 0.25) is 0 Å². The smallest absolute Gasteiger partial charge is 0.132 e. The topological polar surface area (TPSA) is 30.0 Å². The Kier molecular flexibility index (Phi) is 3.67. The molecular weight excluding hydrogens is 218 g/mol. The van der Waals surface area contributed by atoms with Crippen LogP contribution in [-0.2, 0) is 11.2 Å². The summed E-state index contributed by atoms with van der Waals surface area (Å²) < 4.78 is 1.24. The molecule has 3 heteroatoms. The summed E-state index contributed by atoms with van der Waals surface area (Å²) in [4.78, 5) is 15.7. The molecule has 0 aliphatic carbocycles. The number of carbonyl (C=O) groups is 1. The lowest BCUT2D eigenvalue weighted by molar-refractivity contribution is -0.118. The Bertz CT molecular complexity index is 456. The molecule has 1 aromatic heterocycles. The number of Topliss-reactive ketones (excluding diaryl/α,β-unsaturated/α-hetero) is 1. The first-order chi connectivity index (χ1) is 7.79. The molecule has 0 atom stereocenters. The standard InChI is InChI=1S/C13H15NOS/c1-2-10(15)6-5-9-13-14-11-7-3-4-8-12(11)16-13/h3-4,7-8H,2,5-6,9H2,1H3.